The molecule has 0 saturated heterocycles. The summed E-state index contributed by atoms with van der Waals surface area (Å²) in [7, 11) is 0. The Morgan fingerprint density at radius 3 is 2.80 bits per heavy atom. The lowest BCUT2D eigenvalue weighted by atomic mass is 10.0. The Kier molecular flexibility index (Phi) is 5.07. The van der Waals surface area contributed by atoms with Gasteiger partial charge in [0.2, 0.25) is 0 Å². The maximum absolute atomic E-state index is 10.3. The van der Waals surface area contributed by atoms with E-state index in [1.165, 1.54) is 5.57 Å². The summed E-state index contributed by atoms with van der Waals surface area (Å²) in [5.41, 5.74) is 3.54. The second-order valence-electron chi connectivity index (χ2n) is 5.67. The van der Waals surface area contributed by atoms with Crippen LogP contribution >= 0.6 is 0 Å². The summed E-state index contributed by atoms with van der Waals surface area (Å²) in [6.45, 7) is 9.36. The van der Waals surface area contributed by atoms with E-state index in [1.807, 2.05) is 12.1 Å². The van der Waals surface area contributed by atoms with E-state index < -0.39 is 0 Å². The van der Waals surface area contributed by atoms with Gasteiger partial charge in [-0.15, -0.1) is 0 Å². The number of phenolic OH excluding ortho intramolecular Hbond substituents is 1. The van der Waals surface area contributed by atoms with Crippen molar-refractivity contribution in [2.45, 2.75) is 39.7 Å². The van der Waals surface area contributed by atoms with Crippen molar-refractivity contribution in [1.29, 1.82) is 0 Å². The lowest BCUT2D eigenvalue weighted by Gasteiger charge is -2.28. The minimum atomic E-state index is 0.187. The molecule has 1 heterocycles. The van der Waals surface area contributed by atoms with E-state index in [9.17, 15) is 5.11 Å². The molecule has 0 aromatic heterocycles. The van der Waals surface area contributed by atoms with Crippen LogP contribution in [0, 0.1) is 0 Å². The summed E-state index contributed by atoms with van der Waals surface area (Å²) >= 11 is 0. The molecule has 2 N–H and O–H groups in total. The number of nitrogens with one attached hydrogen (secondary N) is 1. The Hall–Kier alpha value is -1.48. The first kappa shape index (κ1) is 14.9. The second-order valence-corrected chi connectivity index (χ2v) is 5.67. The van der Waals surface area contributed by atoms with Gasteiger partial charge in [-0.2, -0.15) is 0 Å². The molecule has 0 fully saturated rings. The first-order chi connectivity index (χ1) is 9.61. The SMILES string of the molecule is CCCNC(C)c1ccc(N2CC=C(C)CC2)cc1O. The van der Waals surface area contributed by atoms with Crippen molar-refractivity contribution in [3.05, 3.63) is 35.4 Å². The summed E-state index contributed by atoms with van der Waals surface area (Å²) in [4.78, 5) is 2.31. The summed E-state index contributed by atoms with van der Waals surface area (Å²) < 4.78 is 0. The van der Waals surface area contributed by atoms with E-state index >= 15 is 0 Å². The average molecular weight is 274 g/mol. The van der Waals surface area contributed by atoms with E-state index in [0.29, 0.717) is 5.75 Å². The summed E-state index contributed by atoms with van der Waals surface area (Å²) in [5, 5.41) is 13.7. The zero-order valence-electron chi connectivity index (χ0n) is 12.8. The van der Waals surface area contributed by atoms with Crippen LogP contribution in [0.3, 0.4) is 0 Å². The van der Waals surface area contributed by atoms with Crippen LogP contribution in [0.25, 0.3) is 0 Å². The largest absolute Gasteiger partial charge is 0.508 e. The zero-order valence-corrected chi connectivity index (χ0v) is 12.8. The highest BCUT2D eigenvalue weighted by Gasteiger charge is 2.14. The minimum Gasteiger partial charge on any atom is -0.508 e. The van der Waals surface area contributed by atoms with Crippen LogP contribution in [-0.4, -0.2) is 24.7 Å². The molecular weight excluding hydrogens is 248 g/mol. The van der Waals surface area contributed by atoms with Gasteiger partial charge < -0.3 is 15.3 Å². The zero-order chi connectivity index (χ0) is 14.5. The smallest absolute Gasteiger partial charge is 0.122 e. The second kappa shape index (κ2) is 6.80. The fourth-order valence-electron chi connectivity index (χ4n) is 2.57. The topological polar surface area (TPSA) is 35.5 Å². The molecule has 0 spiro atoms. The number of benzene rings is 1. The summed E-state index contributed by atoms with van der Waals surface area (Å²) in [6.07, 6.45) is 4.47. The molecule has 1 atom stereocenters. The van der Waals surface area contributed by atoms with E-state index in [2.05, 4.69) is 43.1 Å². The molecular formula is C17H26N2O. The first-order valence-electron chi connectivity index (χ1n) is 7.58. The standard InChI is InChI=1S/C17H26N2O/c1-4-9-18-14(3)16-6-5-15(12-17(16)20)19-10-7-13(2)8-11-19/h5-7,12,14,18,20H,4,8-11H2,1-3H3. The van der Waals surface area contributed by atoms with Crippen molar-refractivity contribution in [3.8, 4) is 5.75 Å². The van der Waals surface area contributed by atoms with E-state index in [1.54, 1.807) is 0 Å². The van der Waals surface area contributed by atoms with Crippen LogP contribution in [0.5, 0.6) is 5.75 Å². The lowest BCUT2D eigenvalue weighted by molar-refractivity contribution is 0.452. The summed E-state index contributed by atoms with van der Waals surface area (Å²) in [5.74, 6) is 0.393. The van der Waals surface area contributed by atoms with E-state index in [0.717, 1.165) is 43.7 Å². The fraction of sp³-hybridized carbons (Fsp3) is 0.529. The number of anilines is 1. The van der Waals surface area contributed by atoms with Crippen LogP contribution in [-0.2, 0) is 0 Å². The molecule has 3 heteroatoms. The Balaban J connectivity index is 2.09. The maximum atomic E-state index is 10.3. The van der Waals surface area contributed by atoms with Gasteiger partial charge in [0.15, 0.2) is 0 Å². The Morgan fingerprint density at radius 1 is 1.40 bits per heavy atom. The van der Waals surface area contributed by atoms with Gasteiger partial charge >= 0.3 is 0 Å². The predicted octanol–water partition coefficient (Wildman–Crippen LogP) is 3.61. The molecule has 0 aliphatic carbocycles. The quantitative estimate of drug-likeness (QED) is 0.805. The Bertz CT molecular complexity index is 482. The van der Waals surface area contributed by atoms with Gasteiger partial charge in [-0.3, -0.25) is 0 Å². The third-order valence-corrected chi connectivity index (χ3v) is 3.98. The molecule has 1 aliphatic rings. The molecule has 1 aromatic rings. The third kappa shape index (κ3) is 3.54. The number of nitrogens with zero attached hydrogens (tertiary/aromatic N) is 1. The molecule has 2 rings (SSSR count). The van der Waals surface area contributed by atoms with E-state index in [-0.39, 0.29) is 6.04 Å². The molecule has 0 radical (unpaired) electrons. The van der Waals surface area contributed by atoms with Crippen molar-refractivity contribution in [2.75, 3.05) is 24.5 Å². The molecule has 110 valence electrons. The number of hydrogen-bond acceptors (Lipinski definition) is 3. The molecule has 0 saturated carbocycles. The monoisotopic (exact) mass is 274 g/mol. The average Bonchev–Trinajstić information content (AvgIpc) is 2.45. The van der Waals surface area contributed by atoms with Crippen molar-refractivity contribution in [2.24, 2.45) is 0 Å². The highest BCUT2D eigenvalue weighted by atomic mass is 16.3. The highest BCUT2D eigenvalue weighted by Crippen LogP contribution is 2.30. The number of rotatable bonds is 5. The predicted molar refractivity (Wildman–Crippen MR) is 85.4 cm³/mol. The van der Waals surface area contributed by atoms with Gasteiger partial charge in [0, 0.05) is 36.4 Å². The van der Waals surface area contributed by atoms with Crippen LogP contribution in [0.1, 0.15) is 45.2 Å². The van der Waals surface area contributed by atoms with Gasteiger partial charge in [-0.05, 0) is 39.3 Å². The summed E-state index contributed by atoms with van der Waals surface area (Å²) in [6, 6.07) is 6.25. The van der Waals surface area contributed by atoms with Crippen molar-refractivity contribution in [3.63, 3.8) is 0 Å². The van der Waals surface area contributed by atoms with Gasteiger partial charge in [0.1, 0.15) is 5.75 Å². The minimum absolute atomic E-state index is 0.187. The van der Waals surface area contributed by atoms with E-state index in [4.69, 9.17) is 0 Å². The normalized spacial score (nSPS) is 16.9. The van der Waals surface area contributed by atoms with Gasteiger partial charge in [-0.25, -0.2) is 0 Å². The number of phenols is 1. The molecule has 1 aromatic carbocycles. The van der Waals surface area contributed by atoms with Gasteiger partial charge in [0.25, 0.3) is 0 Å². The van der Waals surface area contributed by atoms with Gasteiger partial charge in [0.05, 0.1) is 0 Å². The number of hydrogen-bond donors (Lipinski definition) is 2. The fourth-order valence-corrected chi connectivity index (χ4v) is 2.57. The lowest BCUT2D eigenvalue weighted by Crippen LogP contribution is -2.28. The van der Waals surface area contributed by atoms with Crippen LogP contribution in [0.4, 0.5) is 5.69 Å². The number of aromatic hydroxyl groups is 1. The highest BCUT2D eigenvalue weighted by molar-refractivity contribution is 5.55. The molecule has 20 heavy (non-hydrogen) atoms. The molecule has 0 amide bonds. The third-order valence-electron chi connectivity index (χ3n) is 3.98. The molecule has 1 unspecified atom stereocenters. The van der Waals surface area contributed by atoms with Gasteiger partial charge in [-0.1, -0.05) is 24.6 Å². The van der Waals surface area contributed by atoms with Crippen molar-refractivity contribution < 1.29 is 5.11 Å². The van der Waals surface area contributed by atoms with Crippen molar-refractivity contribution >= 4 is 5.69 Å². The van der Waals surface area contributed by atoms with Crippen LogP contribution in [0.2, 0.25) is 0 Å². The molecule has 0 bridgehead atoms. The molecule has 3 nitrogen and oxygen atoms in total. The Labute approximate surface area is 122 Å². The first-order valence-corrected chi connectivity index (χ1v) is 7.58. The molecule has 1 aliphatic heterocycles. The van der Waals surface area contributed by atoms with Crippen LogP contribution < -0.4 is 10.2 Å². The maximum Gasteiger partial charge on any atom is 0.122 e. The van der Waals surface area contributed by atoms with Crippen LogP contribution in [0.15, 0.2) is 29.8 Å². The Morgan fingerprint density at radius 2 is 2.20 bits per heavy atom. The van der Waals surface area contributed by atoms with Crippen molar-refractivity contribution in [1.82, 2.24) is 5.32 Å².